The van der Waals surface area contributed by atoms with Gasteiger partial charge in [-0.3, -0.25) is 9.89 Å². The lowest BCUT2D eigenvalue weighted by atomic mass is 10.1. The molecule has 1 heterocycles. The maximum Gasteiger partial charge on any atom is 0.273 e. The summed E-state index contributed by atoms with van der Waals surface area (Å²) in [5.74, 6) is -0.334. The van der Waals surface area contributed by atoms with E-state index in [0.717, 1.165) is 11.3 Å². The zero-order valence-corrected chi connectivity index (χ0v) is 14.3. The Morgan fingerprint density at radius 1 is 1.36 bits per heavy atom. The first-order valence-corrected chi connectivity index (χ1v) is 8.68. The van der Waals surface area contributed by atoms with E-state index in [-0.39, 0.29) is 22.5 Å². The van der Waals surface area contributed by atoms with Crippen molar-refractivity contribution in [3.8, 4) is 0 Å². The fourth-order valence-electron chi connectivity index (χ4n) is 1.86. The highest BCUT2D eigenvalue weighted by Crippen LogP contribution is 2.20. The molecule has 0 fully saturated rings. The number of aromatic nitrogens is 2. The molecule has 22 heavy (non-hydrogen) atoms. The van der Waals surface area contributed by atoms with Crippen molar-refractivity contribution in [2.24, 2.45) is 5.14 Å². The van der Waals surface area contributed by atoms with Crippen molar-refractivity contribution in [3.63, 3.8) is 0 Å². The number of rotatable bonds is 4. The van der Waals surface area contributed by atoms with Crippen LogP contribution in [-0.4, -0.2) is 24.5 Å². The first-order valence-electron chi connectivity index (χ1n) is 6.34. The molecule has 0 saturated carbocycles. The first-order chi connectivity index (χ1) is 10.2. The van der Waals surface area contributed by atoms with Crippen LogP contribution in [0.5, 0.6) is 0 Å². The highest BCUT2D eigenvalue weighted by Gasteiger charge is 2.18. The predicted octanol–water partition coefficient (Wildman–Crippen LogP) is 1.62. The van der Waals surface area contributed by atoms with Gasteiger partial charge in [0.1, 0.15) is 0 Å². The number of benzene rings is 1. The smallest absolute Gasteiger partial charge is 0.273 e. The SMILES string of the molecule is Cc1[nH]nc(C(=O)NC(C)c2ccc(S(N)(=O)=O)cc2)c1Br. The Bertz CT molecular complexity index is 799. The molecule has 1 atom stereocenters. The molecule has 0 aliphatic carbocycles. The minimum absolute atomic E-state index is 0.0282. The molecule has 0 aliphatic heterocycles. The van der Waals surface area contributed by atoms with Gasteiger partial charge in [-0.1, -0.05) is 12.1 Å². The van der Waals surface area contributed by atoms with Crippen LogP contribution in [0.2, 0.25) is 0 Å². The van der Waals surface area contributed by atoms with E-state index in [1.54, 1.807) is 26.0 Å². The molecule has 0 bridgehead atoms. The summed E-state index contributed by atoms with van der Waals surface area (Å²) in [6.45, 7) is 3.58. The second-order valence-corrected chi connectivity index (χ2v) is 7.17. The zero-order valence-electron chi connectivity index (χ0n) is 11.9. The Labute approximate surface area is 136 Å². The molecule has 0 spiro atoms. The van der Waals surface area contributed by atoms with Crippen molar-refractivity contribution in [1.82, 2.24) is 15.5 Å². The predicted molar refractivity (Wildman–Crippen MR) is 84.7 cm³/mol. The van der Waals surface area contributed by atoms with Crippen LogP contribution in [0.4, 0.5) is 0 Å². The third kappa shape index (κ3) is 3.54. The fourth-order valence-corrected chi connectivity index (χ4v) is 2.73. The van der Waals surface area contributed by atoms with Crippen LogP contribution in [-0.2, 0) is 10.0 Å². The highest BCUT2D eigenvalue weighted by molar-refractivity contribution is 9.10. The number of sulfonamides is 1. The van der Waals surface area contributed by atoms with Gasteiger partial charge in [-0.2, -0.15) is 5.10 Å². The fraction of sp³-hybridized carbons (Fsp3) is 0.231. The number of nitrogens with zero attached hydrogens (tertiary/aromatic N) is 1. The summed E-state index contributed by atoms with van der Waals surface area (Å²) >= 11 is 3.29. The Morgan fingerprint density at radius 3 is 2.41 bits per heavy atom. The van der Waals surface area contributed by atoms with Gasteiger partial charge in [-0.25, -0.2) is 13.6 Å². The number of nitrogens with two attached hydrogens (primary N) is 1. The Hall–Kier alpha value is -1.71. The number of aromatic amines is 1. The van der Waals surface area contributed by atoms with Crippen molar-refractivity contribution in [3.05, 3.63) is 45.7 Å². The number of halogens is 1. The largest absolute Gasteiger partial charge is 0.344 e. The summed E-state index contributed by atoms with van der Waals surface area (Å²) in [7, 11) is -3.72. The lowest BCUT2D eigenvalue weighted by molar-refractivity contribution is 0.0934. The van der Waals surface area contributed by atoms with Gasteiger partial charge in [0, 0.05) is 5.69 Å². The van der Waals surface area contributed by atoms with Gasteiger partial charge < -0.3 is 5.32 Å². The van der Waals surface area contributed by atoms with Crippen molar-refractivity contribution in [1.29, 1.82) is 0 Å². The van der Waals surface area contributed by atoms with Crippen LogP contribution < -0.4 is 10.5 Å². The third-order valence-corrected chi connectivity index (χ3v) is 5.04. The Morgan fingerprint density at radius 2 is 1.95 bits per heavy atom. The van der Waals surface area contributed by atoms with E-state index in [1.165, 1.54) is 12.1 Å². The van der Waals surface area contributed by atoms with Crippen LogP contribution in [0.1, 0.15) is 34.7 Å². The summed E-state index contributed by atoms with van der Waals surface area (Å²) in [6.07, 6.45) is 0. The quantitative estimate of drug-likeness (QED) is 0.739. The minimum atomic E-state index is -3.72. The van der Waals surface area contributed by atoms with Gasteiger partial charge in [0.05, 0.1) is 15.4 Å². The molecule has 1 amide bonds. The van der Waals surface area contributed by atoms with E-state index in [2.05, 4.69) is 31.4 Å². The number of nitrogens with one attached hydrogen (secondary N) is 2. The van der Waals surface area contributed by atoms with Gasteiger partial charge >= 0.3 is 0 Å². The number of carbonyl (C=O) groups excluding carboxylic acids is 1. The lowest BCUT2D eigenvalue weighted by Gasteiger charge is -2.14. The molecule has 0 radical (unpaired) electrons. The van der Waals surface area contributed by atoms with Gasteiger partial charge in [-0.15, -0.1) is 0 Å². The van der Waals surface area contributed by atoms with Crippen LogP contribution in [0.25, 0.3) is 0 Å². The summed E-state index contributed by atoms with van der Waals surface area (Å²) in [5.41, 5.74) is 1.78. The second kappa shape index (κ2) is 6.19. The second-order valence-electron chi connectivity index (χ2n) is 4.82. The molecule has 2 aromatic rings. The molecule has 2 rings (SSSR count). The summed E-state index contributed by atoms with van der Waals surface area (Å²) < 4.78 is 23.0. The van der Waals surface area contributed by atoms with Crippen LogP contribution >= 0.6 is 15.9 Å². The topological polar surface area (TPSA) is 118 Å². The number of hydrogen-bond acceptors (Lipinski definition) is 4. The minimum Gasteiger partial charge on any atom is -0.344 e. The van der Waals surface area contributed by atoms with Gasteiger partial charge in [0.15, 0.2) is 5.69 Å². The van der Waals surface area contributed by atoms with E-state index in [0.29, 0.717) is 4.47 Å². The number of carbonyl (C=O) groups is 1. The lowest BCUT2D eigenvalue weighted by Crippen LogP contribution is -2.27. The van der Waals surface area contributed by atoms with Crippen LogP contribution in [0.3, 0.4) is 0 Å². The highest BCUT2D eigenvalue weighted by atomic mass is 79.9. The van der Waals surface area contributed by atoms with Crippen molar-refractivity contribution in [2.45, 2.75) is 24.8 Å². The number of primary sulfonamides is 1. The van der Waals surface area contributed by atoms with Gasteiger partial charge in [0.2, 0.25) is 10.0 Å². The summed E-state index contributed by atoms with van der Waals surface area (Å²) in [6, 6.07) is 5.71. The molecule has 118 valence electrons. The zero-order chi connectivity index (χ0) is 16.5. The molecule has 1 aromatic carbocycles. The molecule has 4 N–H and O–H groups in total. The maximum atomic E-state index is 12.1. The monoisotopic (exact) mass is 386 g/mol. The van der Waals surface area contributed by atoms with Crippen molar-refractivity contribution >= 4 is 31.9 Å². The van der Waals surface area contributed by atoms with E-state index in [9.17, 15) is 13.2 Å². The number of amides is 1. The van der Waals surface area contributed by atoms with Crippen LogP contribution in [0.15, 0.2) is 33.6 Å². The third-order valence-electron chi connectivity index (χ3n) is 3.14. The molecule has 1 aromatic heterocycles. The van der Waals surface area contributed by atoms with Gasteiger partial charge in [-0.05, 0) is 47.5 Å². The van der Waals surface area contributed by atoms with Gasteiger partial charge in [0.25, 0.3) is 5.91 Å². The normalized spacial score (nSPS) is 12.9. The van der Waals surface area contributed by atoms with E-state index >= 15 is 0 Å². The molecule has 7 nitrogen and oxygen atoms in total. The molecule has 0 aliphatic rings. The van der Waals surface area contributed by atoms with Crippen molar-refractivity contribution in [2.75, 3.05) is 0 Å². The number of hydrogen-bond donors (Lipinski definition) is 3. The average molecular weight is 387 g/mol. The molecule has 1 unspecified atom stereocenters. The number of H-pyrrole nitrogens is 1. The Kier molecular flexibility index (Phi) is 4.69. The number of aryl methyl sites for hydroxylation is 1. The first kappa shape index (κ1) is 16.7. The average Bonchev–Trinajstić information content (AvgIpc) is 2.78. The summed E-state index contributed by atoms with van der Waals surface area (Å²) in [5, 5.41) is 14.5. The summed E-state index contributed by atoms with van der Waals surface area (Å²) in [4.78, 5) is 12.2. The van der Waals surface area contributed by atoms with E-state index in [1.807, 2.05) is 0 Å². The Balaban J connectivity index is 2.14. The van der Waals surface area contributed by atoms with E-state index in [4.69, 9.17) is 5.14 Å². The van der Waals surface area contributed by atoms with E-state index < -0.39 is 10.0 Å². The molecular weight excluding hydrogens is 372 g/mol. The molecular formula is C13H15BrN4O3S. The maximum absolute atomic E-state index is 12.1. The van der Waals surface area contributed by atoms with Crippen molar-refractivity contribution < 1.29 is 13.2 Å². The molecule has 9 heteroatoms. The van der Waals surface area contributed by atoms with Crippen LogP contribution in [0, 0.1) is 6.92 Å². The standard InChI is InChI=1S/C13H15BrN4O3S/c1-7(9-3-5-10(6-4-9)22(15,20)21)16-13(19)12-11(14)8(2)17-18-12/h3-7H,1-2H3,(H,16,19)(H,17,18)(H2,15,20,21). The molecule has 0 saturated heterocycles.